The van der Waals surface area contributed by atoms with Gasteiger partial charge in [0.1, 0.15) is 11.5 Å². The van der Waals surface area contributed by atoms with Crippen LogP contribution in [-0.2, 0) is 10.0 Å². The second kappa shape index (κ2) is 10.1. The van der Waals surface area contributed by atoms with E-state index in [-0.39, 0.29) is 4.90 Å². The van der Waals surface area contributed by atoms with Crippen LogP contribution in [0.5, 0.6) is 11.5 Å². The average molecular weight is 483 g/mol. The fraction of sp³-hybridized carbons (Fsp3) is 0.130. The van der Waals surface area contributed by atoms with E-state index in [1.165, 1.54) is 23.9 Å². The number of benzene rings is 3. The Bertz CT molecular complexity index is 1310. The Kier molecular flexibility index (Phi) is 6.97. The fourth-order valence-corrected chi connectivity index (χ4v) is 4.40. The van der Waals surface area contributed by atoms with Gasteiger partial charge in [0.15, 0.2) is 11.0 Å². The lowest BCUT2D eigenvalue weighted by atomic mass is 10.2. The average Bonchev–Trinajstić information content (AvgIpc) is 3.26. The molecule has 8 nitrogen and oxygen atoms in total. The number of para-hydroxylation sites is 1. The van der Waals surface area contributed by atoms with E-state index < -0.39 is 10.0 Å². The van der Waals surface area contributed by atoms with Crippen LogP contribution in [0.25, 0.3) is 17.1 Å². The van der Waals surface area contributed by atoms with Crippen molar-refractivity contribution in [3.05, 3.63) is 78.9 Å². The van der Waals surface area contributed by atoms with Crippen molar-refractivity contribution in [2.75, 3.05) is 19.5 Å². The van der Waals surface area contributed by atoms with Gasteiger partial charge in [0.25, 0.3) is 0 Å². The van der Waals surface area contributed by atoms with Crippen LogP contribution in [0.1, 0.15) is 0 Å². The number of thioether (sulfide) groups is 1. The molecule has 0 unspecified atom stereocenters. The lowest BCUT2D eigenvalue weighted by molar-refractivity contribution is 0.343. The predicted octanol–water partition coefficient (Wildman–Crippen LogP) is 3.76. The van der Waals surface area contributed by atoms with E-state index in [1.807, 2.05) is 59.2 Å². The van der Waals surface area contributed by atoms with Gasteiger partial charge in [-0.05, 0) is 60.7 Å². The zero-order valence-corrected chi connectivity index (χ0v) is 19.4. The third-order valence-corrected chi connectivity index (χ3v) is 6.55. The van der Waals surface area contributed by atoms with Crippen molar-refractivity contribution in [3.8, 4) is 28.6 Å². The van der Waals surface area contributed by atoms with Gasteiger partial charge in [0.2, 0.25) is 10.0 Å². The fourth-order valence-electron chi connectivity index (χ4n) is 3.12. The molecule has 0 aliphatic heterocycles. The van der Waals surface area contributed by atoms with E-state index in [9.17, 15) is 8.42 Å². The molecule has 170 valence electrons. The summed E-state index contributed by atoms with van der Waals surface area (Å²) in [6.45, 7) is 0.402. The van der Waals surface area contributed by atoms with Crippen LogP contribution in [-0.4, -0.2) is 42.7 Å². The number of primary sulfonamides is 1. The number of ether oxygens (including phenoxy) is 2. The van der Waals surface area contributed by atoms with E-state index >= 15 is 0 Å². The number of methoxy groups -OCH3 is 1. The first-order chi connectivity index (χ1) is 16.0. The van der Waals surface area contributed by atoms with Gasteiger partial charge in [-0.15, -0.1) is 10.2 Å². The molecule has 33 heavy (non-hydrogen) atoms. The predicted molar refractivity (Wildman–Crippen MR) is 127 cm³/mol. The highest BCUT2D eigenvalue weighted by atomic mass is 32.2. The molecule has 1 aromatic heterocycles. The first kappa shape index (κ1) is 22.8. The molecule has 10 heteroatoms. The third-order valence-electron chi connectivity index (χ3n) is 4.73. The molecular weight excluding hydrogens is 460 g/mol. The maximum absolute atomic E-state index is 11.4. The second-order valence-corrected chi connectivity index (χ2v) is 9.54. The van der Waals surface area contributed by atoms with Gasteiger partial charge in [-0.3, -0.25) is 4.57 Å². The van der Waals surface area contributed by atoms with Crippen LogP contribution in [0.4, 0.5) is 0 Å². The van der Waals surface area contributed by atoms with E-state index in [0.717, 1.165) is 28.0 Å². The number of aromatic nitrogens is 3. The molecule has 0 radical (unpaired) electrons. The number of sulfonamides is 1. The summed E-state index contributed by atoms with van der Waals surface area (Å²) in [6, 6.07) is 23.6. The van der Waals surface area contributed by atoms with Crippen molar-refractivity contribution < 1.29 is 17.9 Å². The number of nitrogens with zero attached hydrogens (tertiary/aromatic N) is 3. The van der Waals surface area contributed by atoms with Crippen LogP contribution < -0.4 is 14.6 Å². The number of nitrogens with two attached hydrogens (primary N) is 1. The molecule has 0 saturated carbocycles. The highest BCUT2D eigenvalue weighted by Crippen LogP contribution is 2.29. The topological polar surface area (TPSA) is 109 Å². The molecule has 4 aromatic rings. The van der Waals surface area contributed by atoms with Crippen molar-refractivity contribution in [1.82, 2.24) is 14.8 Å². The molecule has 0 atom stereocenters. The minimum Gasteiger partial charge on any atom is -0.497 e. The lowest BCUT2D eigenvalue weighted by Crippen LogP contribution is -2.11. The summed E-state index contributed by atoms with van der Waals surface area (Å²) in [5.74, 6) is 2.68. The molecule has 0 amide bonds. The summed E-state index contributed by atoms with van der Waals surface area (Å²) in [6.07, 6.45) is 0. The molecule has 0 bridgehead atoms. The molecule has 0 saturated heterocycles. The van der Waals surface area contributed by atoms with Gasteiger partial charge in [-0.25, -0.2) is 13.6 Å². The zero-order chi connectivity index (χ0) is 23.3. The highest BCUT2D eigenvalue weighted by molar-refractivity contribution is 7.99. The minimum atomic E-state index is -3.72. The Labute approximate surface area is 196 Å². The monoisotopic (exact) mass is 482 g/mol. The quantitative estimate of drug-likeness (QED) is 0.286. The van der Waals surface area contributed by atoms with Gasteiger partial charge < -0.3 is 9.47 Å². The molecule has 2 N–H and O–H groups in total. The largest absolute Gasteiger partial charge is 0.497 e. The summed E-state index contributed by atoms with van der Waals surface area (Å²) in [7, 11) is -2.09. The van der Waals surface area contributed by atoms with Crippen LogP contribution >= 0.6 is 11.8 Å². The Hall–Kier alpha value is -3.34. The Morgan fingerprint density at radius 2 is 1.58 bits per heavy atom. The summed E-state index contributed by atoms with van der Waals surface area (Å²) < 4.78 is 35.7. The smallest absolute Gasteiger partial charge is 0.238 e. The molecule has 0 aliphatic carbocycles. The van der Waals surface area contributed by atoms with Crippen LogP contribution in [0, 0.1) is 0 Å². The van der Waals surface area contributed by atoms with E-state index in [1.54, 1.807) is 19.2 Å². The Balaban J connectivity index is 1.49. The molecule has 0 aliphatic rings. The van der Waals surface area contributed by atoms with E-state index in [2.05, 4.69) is 10.2 Å². The standard InChI is InChI=1S/C23H22N4O4S2/c1-30-19-9-7-17(8-10-19)22-25-26-23(27(22)18-5-3-2-4-6-18)32-16-15-31-20-11-13-21(14-12-20)33(24,28)29/h2-14H,15-16H2,1H3,(H2,24,28,29). The van der Waals surface area contributed by atoms with Crippen LogP contribution in [0.2, 0.25) is 0 Å². The van der Waals surface area contributed by atoms with Crippen molar-refractivity contribution in [1.29, 1.82) is 0 Å². The number of hydrogen-bond acceptors (Lipinski definition) is 7. The highest BCUT2D eigenvalue weighted by Gasteiger charge is 2.16. The van der Waals surface area contributed by atoms with Gasteiger partial charge in [0.05, 0.1) is 18.6 Å². The summed E-state index contributed by atoms with van der Waals surface area (Å²) in [5.41, 5.74) is 1.88. The third kappa shape index (κ3) is 5.54. The van der Waals surface area contributed by atoms with Crippen molar-refractivity contribution in [2.45, 2.75) is 10.1 Å². The molecular formula is C23H22N4O4S2. The van der Waals surface area contributed by atoms with E-state index in [4.69, 9.17) is 14.6 Å². The SMILES string of the molecule is COc1ccc(-c2nnc(SCCOc3ccc(S(N)(=O)=O)cc3)n2-c2ccccc2)cc1. The minimum absolute atomic E-state index is 0.0475. The van der Waals surface area contributed by atoms with Gasteiger partial charge in [-0.2, -0.15) is 0 Å². The molecule has 1 heterocycles. The van der Waals surface area contributed by atoms with Crippen molar-refractivity contribution >= 4 is 21.8 Å². The van der Waals surface area contributed by atoms with E-state index in [0.29, 0.717) is 18.1 Å². The maximum atomic E-state index is 11.4. The molecule has 0 spiro atoms. The molecule has 3 aromatic carbocycles. The lowest BCUT2D eigenvalue weighted by Gasteiger charge is -2.11. The normalized spacial score (nSPS) is 11.3. The summed E-state index contributed by atoms with van der Waals surface area (Å²) >= 11 is 1.52. The molecule has 4 rings (SSSR count). The maximum Gasteiger partial charge on any atom is 0.238 e. The van der Waals surface area contributed by atoms with Crippen molar-refractivity contribution in [3.63, 3.8) is 0 Å². The van der Waals surface area contributed by atoms with Crippen molar-refractivity contribution in [2.24, 2.45) is 5.14 Å². The zero-order valence-electron chi connectivity index (χ0n) is 17.8. The first-order valence-electron chi connectivity index (χ1n) is 9.99. The summed E-state index contributed by atoms with van der Waals surface area (Å²) in [5, 5.41) is 14.7. The summed E-state index contributed by atoms with van der Waals surface area (Å²) in [4.78, 5) is 0.0475. The van der Waals surface area contributed by atoms with Gasteiger partial charge in [0, 0.05) is 17.0 Å². The Morgan fingerprint density at radius 1 is 0.909 bits per heavy atom. The van der Waals surface area contributed by atoms with Gasteiger partial charge >= 0.3 is 0 Å². The van der Waals surface area contributed by atoms with Crippen LogP contribution in [0.3, 0.4) is 0 Å². The number of hydrogen-bond donors (Lipinski definition) is 1. The second-order valence-electron chi connectivity index (χ2n) is 6.92. The van der Waals surface area contributed by atoms with Crippen LogP contribution in [0.15, 0.2) is 88.9 Å². The Morgan fingerprint density at radius 3 is 2.21 bits per heavy atom. The number of rotatable bonds is 9. The first-order valence-corrected chi connectivity index (χ1v) is 12.5. The van der Waals surface area contributed by atoms with Gasteiger partial charge in [-0.1, -0.05) is 30.0 Å². The molecule has 0 fully saturated rings.